The van der Waals surface area contributed by atoms with Crippen LogP contribution in [0.5, 0.6) is 11.5 Å². The minimum atomic E-state index is 0.656. The van der Waals surface area contributed by atoms with E-state index in [1.807, 2.05) is 24.4 Å². The number of benzene rings is 2. The number of nitrogens with zero attached hydrogens (tertiary/aromatic N) is 4. The van der Waals surface area contributed by atoms with Crippen LogP contribution in [0, 0.1) is 0 Å². The van der Waals surface area contributed by atoms with Gasteiger partial charge in [0.15, 0.2) is 5.75 Å². The van der Waals surface area contributed by atoms with E-state index >= 15 is 0 Å². The maximum absolute atomic E-state index is 6.21. The van der Waals surface area contributed by atoms with Crippen molar-refractivity contribution < 1.29 is 9.47 Å². The number of hydrogen-bond acceptors (Lipinski definition) is 6. The number of anilines is 1. The normalized spacial score (nSPS) is 17.1. The Morgan fingerprint density at radius 1 is 1.03 bits per heavy atom. The van der Waals surface area contributed by atoms with Gasteiger partial charge in [-0.25, -0.2) is 0 Å². The van der Waals surface area contributed by atoms with E-state index in [0.29, 0.717) is 6.73 Å². The summed E-state index contributed by atoms with van der Waals surface area (Å²) in [5.41, 5.74) is 4.81. The first-order valence-corrected chi connectivity index (χ1v) is 12.1. The minimum absolute atomic E-state index is 0.656. The number of hydrogen-bond donors (Lipinski definition) is 0. The van der Waals surface area contributed by atoms with Crippen molar-refractivity contribution in [3.8, 4) is 11.5 Å². The van der Waals surface area contributed by atoms with Gasteiger partial charge in [0, 0.05) is 63.0 Å². The molecule has 0 bridgehead atoms. The second-order valence-corrected chi connectivity index (χ2v) is 9.04. The standard InChI is InChI=1S/C27H34N4O2/c1-3-4-12-30-19-22-17-21(23-8-7-11-28-26(23)27(22)33-20-30)18-29-13-15-31(16-14-29)24-9-5-6-10-25(24)32-2/h5-11,17H,3-4,12-16,18-20H2,1-2H3. The zero-order valence-electron chi connectivity index (χ0n) is 19.8. The van der Waals surface area contributed by atoms with E-state index in [1.165, 1.54) is 35.0 Å². The largest absolute Gasteiger partial charge is 0.495 e. The first-order chi connectivity index (χ1) is 16.3. The number of methoxy groups -OCH3 is 1. The Labute approximate surface area is 196 Å². The first-order valence-electron chi connectivity index (χ1n) is 12.1. The van der Waals surface area contributed by atoms with Crippen LogP contribution in [0.15, 0.2) is 48.7 Å². The van der Waals surface area contributed by atoms with Gasteiger partial charge in [-0.05, 0) is 36.2 Å². The van der Waals surface area contributed by atoms with Gasteiger partial charge in [-0.1, -0.05) is 31.5 Å². The van der Waals surface area contributed by atoms with E-state index in [2.05, 4.69) is 45.9 Å². The highest BCUT2D eigenvalue weighted by atomic mass is 16.5. The van der Waals surface area contributed by atoms with E-state index in [4.69, 9.17) is 14.5 Å². The number of ether oxygens (including phenoxy) is 2. The van der Waals surface area contributed by atoms with Crippen LogP contribution in [0.1, 0.15) is 30.9 Å². The number of rotatable bonds is 7. The van der Waals surface area contributed by atoms with E-state index in [1.54, 1.807) is 7.11 Å². The quantitative estimate of drug-likeness (QED) is 0.532. The molecule has 1 fully saturated rings. The lowest BCUT2D eigenvalue weighted by atomic mass is 10.0. The lowest BCUT2D eigenvalue weighted by Gasteiger charge is -2.37. The molecule has 0 N–H and O–H groups in total. The number of piperazine rings is 1. The number of fused-ring (bicyclic) bond motifs is 3. The lowest BCUT2D eigenvalue weighted by molar-refractivity contribution is 0.0954. The molecule has 3 aromatic rings. The smallest absolute Gasteiger partial charge is 0.152 e. The number of aromatic nitrogens is 1. The molecule has 1 saturated heterocycles. The Kier molecular flexibility index (Phi) is 6.65. The summed E-state index contributed by atoms with van der Waals surface area (Å²) in [6, 6.07) is 14.9. The number of unbranched alkanes of at least 4 members (excludes halogenated alkanes) is 1. The molecule has 0 amide bonds. The van der Waals surface area contributed by atoms with Crippen molar-refractivity contribution in [1.29, 1.82) is 0 Å². The van der Waals surface area contributed by atoms with Gasteiger partial charge in [0.2, 0.25) is 0 Å². The molecule has 0 aliphatic carbocycles. The summed E-state index contributed by atoms with van der Waals surface area (Å²) in [4.78, 5) is 12.1. The highest BCUT2D eigenvalue weighted by Gasteiger charge is 2.24. The Hall–Kier alpha value is -2.83. The van der Waals surface area contributed by atoms with Gasteiger partial charge in [0.05, 0.1) is 12.8 Å². The Balaban J connectivity index is 1.33. The molecule has 6 heteroatoms. The van der Waals surface area contributed by atoms with Gasteiger partial charge in [-0.2, -0.15) is 0 Å². The molecule has 0 spiro atoms. The van der Waals surface area contributed by atoms with Crippen molar-refractivity contribution in [2.45, 2.75) is 32.9 Å². The first kappa shape index (κ1) is 22.0. The lowest BCUT2D eigenvalue weighted by Crippen LogP contribution is -2.46. The Morgan fingerprint density at radius 2 is 1.88 bits per heavy atom. The fourth-order valence-electron chi connectivity index (χ4n) is 5.01. The summed E-state index contributed by atoms with van der Waals surface area (Å²) in [5, 5.41) is 1.21. The van der Waals surface area contributed by atoms with Crippen molar-refractivity contribution in [2.24, 2.45) is 0 Å². The van der Waals surface area contributed by atoms with Crippen LogP contribution >= 0.6 is 0 Å². The highest BCUT2D eigenvalue weighted by molar-refractivity contribution is 5.89. The fraction of sp³-hybridized carbons (Fsp3) is 0.444. The van der Waals surface area contributed by atoms with Crippen molar-refractivity contribution in [3.05, 3.63) is 59.8 Å². The summed E-state index contributed by atoms with van der Waals surface area (Å²) in [6.45, 7) is 9.89. The van der Waals surface area contributed by atoms with E-state index in [-0.39, 0.29) is 0 Å². The molecule has 3 heterocycles. The minimum Gasteiger partial charge on any atom is -0.495 e. The van der Waals surface area contributed by atoms with Gasteiger partial charge in [-0.15, -0.1) is 0 Å². The van der Waals surface area contributed by atoms with Crippen LogP contribution in [-0.4, -0.2) is 61.3 Å². The third kappa shape index (κ3) is 4.63. The molecule has 0 radical (unpaired) electrons. The third-order valence-electron chi connectivity index (χ3n) is 6.81. The number of para-hydroxylation sites is 2. The number of pyridine rings is 1. The Bertz CT molecular complexity index is 1090. The van der Waals surface area contributed by atoms with Crippen LogP contribution in [0.3, 0.4) is 0 Å². The zero-order valence-corrected chi connectivity index (χ0v) is 19.8. The van der Waals surface area contributed by atoms with E-state index in [9.17, 15) is 0 Å². The molecule has 1 aromatic heterocycles. The summed E-state index contributed by atoms with van der Waals surface area (Å²) < 4.78 is 11.8. The van der Waals surface area contributed by atoms with Gasteiger partial charge in [0.25, 0.3) is 0 Å². The topological polar surface area (TPSA) is 41.1 Å². The van der Waals surface area contributed by atoms with Crippen molar-refractivity contribution >= 4 is 16.6 Å². The highest BCUT2D eigenvalue weighted by Crippen LogP contribution is 2.35. The summed E-state index contributed by atoms with van der Waals surface area (Å²) in [7, 11) is 1.75. The van der Waals surface area contributed by atoms with Crippen LogP contribution in [0.4, 0.5) is 5.69 Å². The monoisotopic (exact) mass is 446 g/mol. The molecule has 0 atom stereocenters. The maximum atomic E-state index is 6.21. The van der Waals surface area contributed by atoms with Crippen molar-refractivity contribution in [2.75, 3.05) is 51.5 Å². The SMILES string of the molecule is CCCCN1COc2c(cc(CN3CCN(c4ccccc4OC)CC3)c3cccnc23)C1. The molecule has 0 unspecified atom stereocenters. The van der Waals surface area contributed by atoms with Crippen molar-refractivity contribution in [3.63, 3.8) is 0 Å². The molecule has 6 nitrogen and oxygen atoms in total. The molecule has 174 valence electrons. The fourth-order valence-corrected chi connectivity index (χ4v) is 5.01. The maximum Gasteiger partial charge on any atom is 0.152 e. The predicted octanol–water partition coefficient (Wildman–Crippen LogP) is 4.52. The third-order valence-corrected chi connectivity index (χ3v) is 6.81. The molecule has 0 saturated carbocycles. The average Bonchev–Trinajstić information content (AvgIpc) is 2.88. The van der Waals surface area contributed by atoms with Gasteiger partial charge in [-0.3, -0.25) is 14.8 Å². The summed E-state index contributed by atoms with van der Waals surface area (Å²) >= 11 is 0. The predicted molar refractivity (Wildman–Crippen MR) is 133 cm³/mol. The van der Waals surface area contributed by atoms with Crippen molar-refractivity contribution in [1.82, 2.24) is 14.8 Å². The van der Waals surface area contributed by atoms with Crippen LogP contribution in [-0.2, 0) is 13.1 Å². The average molecular weight is 447 g/mol. The molecular weight excluding hydrogens is 412 g/mol. The summed E-state index contributed by atoms with van der Waals surface area (Å²) in [5.74, 6) is 1.92. The van der Waals surface area contributed by atoms with E-state index < -0.39 is 0 Å². The zero-order chi connectivity index (χ0) is 22.6. The second kappa shape index (κ2) is 9.98. The van der Waals surface area contributed by atoms with Crippen LogP contribution in [0.2, 0.25) is 0 Å². The molecule has 2 aliphatic rings. The molecule has 2 aromatic carbocycles. The van der Waals surface area contributed by atoms with Crippen LogP contribution < -0.4 is 14.4 Å². The second-order valence-electron chi connectivity index (χ2n) is 9.04. The van der Waals surface area contributed by atoms with E-state index in [0.717, 1.165) is 62.8 Å². The molecular formula is C27H34N4O2. The van der Waals surface area contributed by atoms with Gasteiger partial charge in [0.1, 0.15) is 18.0 Å². The van der Waals surface area contributed by atoms with Gasteiger partial charge >= 0.3 is 0 Å². The Morgan fingerprint density at radius 3 is 2.70 bits per heavy atom. The molecule has 2 aliphatic heterocycles. The van der Waals surface area contributed by atoms with Crippen LogP contribution in [0.25, 0.3) is 10.9 Å². The molecule has 33 heavy (non-hydrogen) atoms. The van der Waals surface area contributed by atoms with Gasteiger partial charge < -0.3 is 14.4 Å². The summed E-state index contributed by atoms with van der Waals surface area (Å²) in [6.07, 6.45) is 4.29. The molecule has 5 rings (SSSR count).